The molecular formula is C24H33N3O3. The summed E-state index contributed by atoms with van der Waals surface area (Å²) in [6, 6.07) is 8.89. The molecule has 0 spiro atoms. The molecule has 162 valence electrons. The average Bonchev–Trinajstić information content (AvgIpc) is 2.70. The molecule has 2 aromatic rings. The molecule has 1 N–H and O–H groups in total. The Hall–Kier alpha value is -2.76. The molecule has 0 fully saturated rings. The van der Waals surface area contributed by atoms with E-state index in [1.165, 1.54) is 0 Å². The maximum atomic E-state index is 11.5. The van der Waals surface area contributed by atoms with E-state index in [9.17, 15) is 15.2 Å². The highest BCUT2D eigenvalue weighted by atomic mass is 16.6. The number of phenolic OH excluding ortho intramolecular Hbond substituents is 1. The van der Waals surface area contributed by atoms with Gasteiger partial charge in [0.2, 0.25) is 0 Å². The zero-order valence-corrected chi connectivity index (χ0v) is 18.9. The van der Waals surface area contributed by atoms with Gasteiger partial charge in [-0.25, -0.2) is 0 Å². The summed E-state index contributed by atoms with van der Waals surface area (Å²) in [5.41, 5.74) is 3.10. The fraction of sp³-hybridized carbons (Fsp3) is 0.500. The van der Waals surface area contributed by atoms with E-state index in [0.717, 1.165) is 42.4 Å². The van der Waals surface area contributed by atoms with Crippen molar-refractivity contribution in [2.45, 2.75) is 78.6 Å². The minimum Gasteiger partial charge on any atom is -0.505 e. The largest absolute Gasteiger partial charge is 0.505 e. The van der Waals surface area contributed by atoms with Gasteiger partial charge in [0.05, 0.1) is 4.92 Å². The standard InChI is InChI=1S/C24H33N3O3/c1-7-9-10-17-11-12-20(22(13-17)27(29)30)25-26-21-15-18(24(4,5)6)14-19(23(21)28)16(3)8-2/h11-16,28H,7-10H2,1-6H3. The van der Waals surface area contributed by atoms with Gasteiger partial charge >= 0.3 is 0 Å². The number of nitrogens with zero attached hydrogens (tertiary/aromatic N) is 3. The Labute approximate surface area is 179 Å². The highest BCUT2D eigenvalue weighted by Crippen LogP contribution is 2.41. The van der Waals surface area contributed by atoms with Crippen LogP contribution in [-0.4, -0.2) is 10.0 Å². The van der Waals surface area contributed by atoms with Crippen molar-refractivity contribution in [3.8, 4) is 5.75 Å². The summed E-state index contributed by atoms with van der Waals surface area (Å²) in [6.07, 6.45) is 3.67. The first-order valence-electron chi connectivity index (χ1n) is 10.6. The lowest BCUT2D eigenvalue weighted by Gasteiger charge is -2.23. The van der Waals surface area contributed by atoms with Crippen molar-refractivity contribution in [1.82, 2.24) is 0 Å². The number of hydrogen-bond donors (Lipinski definition) is 1. The van der Waals surface area contributed by atoms with E-state index in [1.807, 2.05) is 18.2 Å². The third-order valence-electron chi connectivity index (χ3n) is 5.45. The second-order valence-corrected chi connectivity index (χ2v) is 8.88. The number of aromatic hydroxyl groups is 1. The third-order valence-corrected chi connectivity index (χ3v) is 5.45. The predicted molar refractivity (Wildman–Crippen MR) is 121 cm³/mol. The summed E-state index contributed by atoms with van der Waals surface area (Å²) in [7, 11) is 0. The Morgan fingerprint density at radius 3 is 2.33 bits per heavy atom. The number of nitro benzene ring substituents is 1. The first kappa shape index (κ1) is 23.5. The van der Waals surface area contributed by atoms with Crippen LogP contribution in [-0.2, 0) is 11.8 Å². The molecule has 1 atom stereocenters. The molecule has 0 aromatic heterocycles. The maximum Gasteiger partial charge on any atom is 0.296 e. The summed E-state index contributed by atoms with van der Waals surface area (Å²) in [6.45, 7) is 12.5. The maximum absolute atomic E-state index is 11.5. The van der Waals surface area contributed by atoms with Crippen LogP contribution >= 0.6 is 0 Å². The van der Waals surface area contributed by atoms with Crippen molar-refractivity contribution in [3.63, 3.8) is 0 Å². The summed E-state index contributed by atoms with van der Waals surface area (Å²) in [5.74, 6) is 0.247. The number of rotatable bonds is 8. The number of nitro groups is 1. The lowest BCUT2D eigenvalue weighted by atomic mass is 9.83. The van der Waals surface area contributed by atoms with Gasteiger partial charge in [-0.05, 0) is 59.4 Å². The van der Waals surface area contributed by atoms with Crippen LogP contribution in [0.25, 0.3) is 0 Å². The Morgan fingerprint density at radius 1 is 1.10 bits per heavy atom. The molecule has 30 heavy (non-hydrogen) atoms. The van der Waals surface area contributed by atoms with Gasteiger partial charge in [0.1, 0.15) is 11.4 Å². The molecule has 0 aliphatic carbocycles. The minimum atomic E-state index is -0.431. The van der Waals surface area contributed by atoms with Gasteiger partial charge in [0, 0.05) is 6.07 Å². The van der Waals surface area contributed by atoms with Crippen LogP contribution in [0.3, 0.4) is 0 Å². The summed E-state index contributed by atoms with van der Waals surface area (Å²) < 4.78 is 0. The van der Waals surface area contributed by atoms with E-state index in [0.29, 0.717) is 5.69 Å². The molecule has 6 nitrogen and oxygen atoms in total. The molecule has 0 aliphatic heterocycles. The van der Waals surface area contributed by atoms with Crippen molar-refractivity contribution >= 4 is 17.1 Å². The van der Waals surface area contributed by atoms with Gasteiger partial charge in [0.15, 0.2) is 5.69 Å². The summed E-state index contributed by atoms with van der Waals surface area (Å²) in [4.78, 5) is 11.1. The monoisotopic (exact) mass is 411 g/mol. The second kappa shape index (κ2) is 9.83. The number of phenols is 1. The number of unbranched alkanes of at least 4 members (excludes halogenated alkanes) is 1. The lowest BCUT2D eigenvalue weighted by molar-refractivity contribution is -0.384. The van der Waals surface area contributed by atoms with Crippen molar-refractivity contribution < 1.29 is 10.0 Å². The molecule has 0 saturated carbocycles. The first-order valence-corrected chi connectivity index (χ1v) is 10.6. The minimum absolute atomic E-state index is 0.0685. The topological polar surface area (TPSA) is 88.1 Å². The van der Waals surface area contributed by atoms with Crippen molar-refractivity contribution in [2.75, 3.05) is 0 Å². The Balaban J connectivity index is 2.52. The molecule has 2 rings (SSSR count). The van der Waals surface area contributed by atoms with E-state index in [-0.39, 0.29) is 28.5 Å². The van der Waals surface area contributed by atoms with Gasteiger partial charge < -0.3 is 5.11 Å². The van der Waals surface area contributed by atoms with Crippen LogP contribution in [0.1, 0.15) is 83.4 Å². The summed E-state index contributed by atoms with van der Waals surface area (Å²) >= 11 is 0. The molecule has 2 aromatic carbocycles. The van der Waals surface area contributed by atoms with E-state index >= 15 is 0 Å². The molecule has 0 heterocycles. The SMILES string of the molecule is CCCCc1ccc(N=Nc2cc(C(C)(C)C)cc(C(C)CC)c2O)c([N+](=O)[O-])c1. The van der Waals surface area contributed by atoms with Crippen molar-refractivity contribution in [1.29, 1.82) is 0 Å². The van der Waals surface area contributed by atoms with E-state index in [2.05, 4.69) is 51.8 Å². The Morgan fingerprint density at radius 2 is 1.77 bits per heavy atom. The Kier molecular flexibility index (Phi) is 7.71. The molecule has 0 bridgehead atoms. The lowest BCUT2D eigenvalue weighted by Crippen LogP contribution is -2.12. The van der Waals surface area contributed by atoms with E-state index in [1.54, 1.807) is 12.1 Å². The normalized spacial score (nSPS) is 13.0. The molecule has 0 saturated heterocycles. The van der Waals surface area contributed by atoms with Gasteiger partial charge in [-0.2, -0.15) is 0 Å². The van der Waals surface area contributed by atoms with Crippen molar-refractivity contribution in [3.05, 3.63) is 57.1 Å². The molecule has 1 unspecified atom stereocenters. The quantitative estimate of drug-likeness (QED) is 0.272. The van der Waals surface area contributed by atoms with Gasteiger partial charge in [0.25, 0.3) is 5.69 Å². The van der Waals surface area contributed by atoms with Crippen molar-refractivity contribution in [2.24, 2.45) is 10.2 Å². The fourth-order valence-electron chi connectivity index (χ4n) is 3.19. The summed E-state index contributed by atoms with van der Waals surface area (Å²) in [5, 5.41) is 30.7. The average molecular weight is 412 g/mol. The van der Waals surface area contributed by atoms with Crippen LogP contribution < -0.4 is 0 Å². The van der Waals surface area contributed by atoms with Crippen LogP contribution in [0.15, 0.2) is 40.6 Å². The number of aryl methyl sites for hydroxylation is 1. The molecule has 6 heteroatoms. The van der Waals surface area contributed by atoms with Crippen LogP contribution in [0.5, 0.6) is 5.75 Å². The number of hydrogen-bond acceptors (Lipinski definition) is 5. The third kappa shape index (κ3) is 5.65. The molecular weight excluding hydrogens is 378 g/mol. The second-order valence-electron chi connectivity index (χ2n) is 8.88. The van der Waals surface area contributed by atoms with E-state index in [4.69, 9.17) is 0 Å². The van der Waals surface area contributed by atoms with Crippen LogP contribution in [0.4, 0.5) is 17.1 Å². The Bertz CT molecular complexity index is 930. The molecule has 0 aliphatic rings. The van der Waals surface area contributed by atoms with E-state index < -0.39 is 4.92 Å². The highest BCUT2D eigenvalue weighted by molar-refractivity contribution is 5.61. The number of benzene rings is 2. The smallest absolute Gasteiger partial charge is 0.296 e. The van der Waals surface area contributed by atoms with Gasteiger partial charge in [-0.1, -0.05) is 60.1 Å². The van der Waals surface area contributed by atoms with Gasteiger partial charge in [-0.15, -0.1) is 10.2 Å². The zero-order valence-electron chi connectivity index (χ0n) is 18.9. The predicted octanol–water partition coefficient (Wildman–Crippen LogP) is 7.87. The zero-order chi connectivity index (χ0) is 22.5. The molecule has 0 radical (unpaired) electrons. The molecule has 0 amide bonds. The highest BCUT2D eigenvalue weighted by Gasteiger charge is 2.21. The van der Waals surface area contributed by atoms with Crippen LogP contribution in [0, 0.1) is 10.1 Å². The first-order chi connectivity index (χ1) is 14.1. The fourth-order valence-corrected chi connectivity index (χ4v) is 3.19. The van der Waals surface area contributed by atoms with Gasteiger partial charge in [-0.3, -0.25) is 10.1 Å². The number of azo groups is 1. The van der Waals surface area contributed by atoms with Crippen LogP contribution in [0.2, 0.25) is 0 Å².